The zero-order valence-corrected chi connectivity index (χ0v) is 8.91. The number of hydrogen-bond donors (Lipinski definition) is 0. The SMILES string of the molecule is Cc1cc(CC=O)ccc1OC(C)C. The average Bonchev–Trinajstić information content (AvgIpc) is 2.10. The molecule has 14 heavy (non-hydrogen) atoms. The molecular weight excluding hydrogens is 176 g/mol. The van der Waals surface area contributed by atoms with E-state index in [1.807, 2.05) is 39.0 Å². The van der Waals surface area contributed by atoms with E-state index in [1.165, 1.54) is 0 Å². The first kappa shape index (κ1) is 10.8. The summed E-state index contributed by atoms with van der Waals surface area (Å²) >= 11 is 0. The second-order valence-corrected chi connectivity index (χ2v) is 3.64. The van der Waals surface area contributed by atoms with E-state index >= 15 is 0 Å². The summed E-state index contributed by atoms with van der Waals surface area (Å²) in [5.74, 6) is 0.898. The number of carbonyl (C=O) groups is 1. The van der Waals surface area contributed by atoms with Crippen LogP contribution in [0.25, 0.3) is 0 Å². The van der Waals surface area contributed by atoms with Gasteiger partial charge in [0, 0.05) is 6.42 Å². The van der Waals surface area contributed by atoms with E-state index in [1.54, 1.807) is 0 Å². The van der Waals surface area contributed by atoms with Gasteiger partial charge < -0.3 is 9.53 Å². The van der Waals surface area contributed by atoms with Gasteiger partial charge in [0.25, 0.3) is 0 Å². The molecule has 0 aliphatic carbocycles. The highest BCUT2D eigenvalue weighted by Crippen LogP contribution is 2.20. The molecule has 2 heteroatoms. The van der Waals surface area contributed by atoms with Crippen LogP contribution in [0, 0.1) is 6.92 Å². The standard InChI is InChI=1S/C12H16O2/c1-9(2)14-12-5-4-11(6-7-13)8-10(12)3/h4-5,7-9H,6H2,1-3H3. The van der Waals surface area contributed by atoms with Crippen molar-refractivity contribution in [1.29, 1.82) is 0 Å². The molecule has 1 aromatic carbocycles. The zero-order valence-electron chi connectivity index (χ0n) is 8.91. The van der Waals surface area contributed by atoms with Gasteiger partial charge >= 0.3 is 0 Å². The van der Waals surface area contributed by atoms with Crippen LogP contribution >= 0.6 is 0 Å². The first-order valence-corrected chi connectivity index (χ1v) is 4.83. The Hall–Kier alpha value is -1.31. The van der Waals surface area contributed by atoms with Gasteiger partial charge in [0.1, 0.15) is 12.0 Å². The van der Waals surface area contributed by atoms with Crippen molar-refractivity contribution in [1.82, 2.24) is 0 Å². The molecule has 0 saturated heterocycles. The van der Waals surface area contributed by atoms with Crippen molar-refractivity contribution in [3.63, 3.8) is 0 Å². The molecule has 0 fully saturated rings. The monoisotopic (exact) mass is 192 g/mol. The molecule has 0 atom stereocenters. The van der Waals surface area contributed by atoms with Crippen LogP contribution < -0.4 is 4.74 Å². The lowest BCUT2D eigenvalue weighted by Crippen LogP contribution is -2.06. The Kier molecular flexibility index (Phi) is 3.69. The van der Waals surface area contributed by atoms with Gasteiger partial charge in [0.05, 0.1) is 6.10 Å². The maximum atomic E-state index is 10.3. The Morgan fingerprint density at radius 1 is 1.43 bits per heavy atom. The van der Waals surface area contributed by atoms with Crippen LogP contribution in [0.1, 0.15) is 25.0 Å². The number of hydrogen-bond acceptors (Lipinski definition) is 2. The molecule has 0 saturated carbocycles. The third-order valence-electron chi connectivity index (χ3n) is 1.92. The second-order valence-electron chi connectivity index (χ2n) is 3.64. The Balaban J connectivity index is 2.83. The topological polar surface area (TPSA) is 26.3 Å². The van der Waals surface area contributed by atoms with Crippen molar-refractivity contribution < 1.29 is 9.53 Å². The van der Waals surface area contributed by atoms with Crippen molar-refractivity contribution >= 4 is 6.29 Å². The van der Waals surface area contributed by atoms with Crippen LogP contribution in [0.4, 0.5) is 0 Å². The zero-order chi connectivity index (χ0) is 10.6. The predicted octanol–water partition coefficient (Wildman–Crippen LogP) is 2.52. The highest BCUT2D eigenvalue weighted by molar-refractivity contribution is 5.55. The van der Waals surface area contributed by atoms with Gasteiger partial charge in [-0.05, 0) is 38.0 Å². The summed E-state index contributed by atoms with van der Waals surface area (Å²) in [5.41, 5.74) is 2.12. The van der Waals surface area contributed by atoms with Crippen molar-refractivity contribution in [2.24, 2.45) is 0 Å². The van der Waals surface area contributed by atoms with E-state index < -0.39 is 0 Å². The van der Waals surface area contributed by atoms with E-state index in [4.69, 9.17) is 4.74 Å². The number of aryl methyl sites for hydroxylation is 1. The van der Waals surface area contributed by atoms with Gasteiger partial charge in [-0.2, -0.15) is 0 Å². The molecule has 1 aromatic rings. The summed E-state index contributed by atoms with van der Waals surface area (Å²) in [7, 11) is 0. The quantitative estimate of drug-likeness (QED) is 0.685. The van der Waals surface area contributed by atoms with Gasteiger partial charge in [-0.3, -0.25) is 0 Å². The summed E-state index contributed by atoms with van der Waals surface area (Å²) in [6.45, 7) is 5.99. The number of rotatable bonds is 4. The molecule has 0 aliphatic heterocycles. The van der Waals surface area contributed by atoms with E-state index in [0.29, 0.717) is 6.42 Å². The smallest absolute Gasteiger partial charge is 0.124 e. The van der Waals surface area contributed by atoms with Crippen molar-refractivity contribution in [3.8, 4) is 5.75 Å². The first-order valence-electron chi connectivity index (χ1n) is 4.83. The summed E-state index contributed by atoms with van der Waals surface area (Å²) in [4.78, 5) is 10.3. The minimum Gasteiger partial charge on any atom is -0.491 e. The molecule has 0 unspecified atom stereocenters. The summed E-state index contributed by atoms with van der Waals surface area (Å²) in [6.07, 6.45) is 1.58. The molecule has 0 amide bonds. The maximum absolute atomic E-state index is 10.3. The van der Waals surface area contributed by atoms with Crippen molar-refractivity contribution in [2.75, 3.05) is 0 Å². The Labute approximate surface area is 84.9 Å². The molecule has 2 nitrogen and oxygen atoms in total. The lowest BCUT2D eigenvalue weighted by molar-refractivity contribution is -0.107. The fourth-order valence-electron chi connectivity index (χ4n) is 1.32. The van der Waals surface area contributed by atoms with Crippen LogP contribution in [-0.4, -0.2) is 12.4 Å². The number of carbonyl (C=O) groups excluding carboxylic acids is 1. The van der Waals surface area contributed by atoms with Gasteiger partial charge in [-0.1, -0.05) is 12.1 Å². The number of ether oxygens (including phenoxy) is 1. The molecule has 0 radical (unpaired) electrons. The van der Waals surface area contributed by atoms with E-state index in [-0.39, 0.29) is 6.10 Å². The van der Waals surface area contributed by atoms with Gasteiger partial charge in [-0.15, -0.1) is 0 Å². The molecule has 0 aromatic heterocycles. The molecule has 0 bridgehead atoms. The van der Waals surface area contributed by atoms with Gasteiger partial charge in [0.15, 0.2) is 0 Å². The van der Waals surface area contributed by atoms with Crippen LogP contribution in [0.5, 0.6) is 5.75 Å². The molecular formula is C12H16O2. The van der Waals surface area contributed by atoms with Crippen LogP contribution in [0.3, 0.4) is 0 Å². The molecule has 0 spiro atoms. The number of benzene rings is 1. The highest BCUT2D eigenvalue weighted by Gasteiger charge is 2.02. The summed E-state index contributed by atoms with van der Waals surface area (Å²) in [5, 5.41) is 0. The average molecular weight is 192 g/mol. The molecule has 76 valence electrons. The Bertz CT molecular complexity index is 316. The van der Waals surface area contributed by atoms with Crippen LogP contribution in [0.2, 0.25) is 0 Å². The van der Waals surface area contributed by atoms with Gasteiger partial charge in [-0.25, -0.2) is 0 Å². The Morgan fingerprint density at radius 2 is 2.14 bits per heavy atom. The van der Waals surface area contributed by atoms with Crippen LogP contribution in [-0.2, 0) is 11.2 Å². The molecule has 0 aliphatic rings. The third kappa shape index (κ3) is 2.87. The van der Waals surface area contributed by atoms with E-state index in [9.17, 15) is 4.79 Å². The highest BCUT2D eigenvalue weighted by atomic mass is 16.5. The van der Waals surface area contributed by atoms with Crippen molar-refractivity contribution in [2.45, 2.75) is 33.3 Å². The molecule has 0 N–H and O–H groups in total. The second kappa shape index (κ2) is 4.80. The predicted molar refractivity (Wildman–Crippen MR) is 56.7 cm³/mol. The molecule has 1 rings (SSSR count). The first-order chi connectivity index (χ1) is 6.63. The Morgan fingerprint density at radius 3 is 2.64 bits per heavy atom. The van der Waals surface area contributed by atoms with E-state index in [2.05, 4.69) is 0 Å². The lowest BCUT2D eigenvalue weighted by atomic mass is 10.1. The number of aldehydes is 1. The largest absolute Gasteiger partial charge is 0.491 e. The fourth-order valence-corrected chi connectivity index (χ4v) is 1.32. The van der Waals surface area contributed by atoms with E-state index in [0.717, 1.165) is 23.2 Å². The maximum Gasteiger partial charge on any atom is 0.124 e. The summed E-state index contributed by atoms with van der Waals surface area (Å²) in [6, 6.07) is 5.85. The molecule has 0 heterocycles. The summed E-state index contributed by atoms with van der Waals surface area (Å²) < 4.78 is 5.59. The fraction of sp³-hybridized carbons (Fsp3) is 0.417. The van der Waals surface area contributed by atoms with Crippen LogP contribution in [0.15, 0.2) is 18.2 Å². The van der Waals surface area contributed by atoms with Crippen molar-refractivity contribution in [3.05, 3.63) is 29.3 Å². The minimum absolute atomic E-state index is 0.186. The normalized spacial score (nSPS) is 10.3. The lowest BCUT2D eigenvalue weighted by Gasteiger charge is -2.12. The van der Waals surface area contributed by atoms with Gasteiger partial charge in [0.2, 0.25) is 0 Å². The minimum atomic E-state index is 0.186. The third-order valence-corrected chi connectivity index (χ3v) is 1.92.